The number of fused-ring (bicyclic) bond motifs is 2. The fraction of sp³-hybridized carbons (Fsp3) is 0.167. The molecule has 7 aromatic rings. The number of Topliss-reactive ketones (excluding diaryl/α,β-unsaturated/α-hetero) is 1. The van der Waals surface area contributed by atoms with E-state index >= 15 is 0 Å². The average molecular weight is 909 g/mol. The van der Waals surface area contributed by atoms with Crippen molar-refractivity contribution in [1.82, 2.24) is 0 Å². The van der Waals surface area contributed by atoms with E-state index in [0.717, 1.165) is 66.4 Å². The summed E-state index contributed by atoms with van der Waals surface area (Å²) in [6.07, 6.45) is -1.17. The molecule has 8 rings (SSSR count). The van der Waals surface area contributed by atoms with Crippen molar-refractivity contribution in [1.29, 1.82) is 0 Å². The van der Waals surface area contributed by atoms with Crippen molar-refractivity contribution in [3.63, 3.8) is 0 Å². The molecule has 0 saturated carbocycles. The lowest BCUT2D eigenvalue weighted by atomic mass is 9.85. The van der Waals surface area contributed by atoms with Crippen LogP contribution in [0, 0.1) is 11.8 Å². The van der Waals surface area contributed by atoms with Gasteiger partial charge in [-0.15, -0.1) is 0 Å². The standard InChI is InChI=1S/C18H22O4.C15H12O7.C15H10O7/c1-11(7-13-3-5-15(19)17(21)9-13)12(2)8-14-4-6-16(20)18(22)10-14;2*16-7-4-10(19)12-11(5-7)22-15(14(21)13(12)20)6-1-2-8(17)9(18)3-6/h3-6,9-12,19-22H,7-8H2,1-2H3;1-5,14-19,21H;1-5,16-19,21H/t;14-,15+;/m.0./s1. The minimum Gasteiger partial charge on any atom is -0.508 e. The highest BCUT2D eigenvalue weighted by atomic mass is 16.5. The molecule has 1 aromatic heterocycles. The quantitative estimate of drug-likeness (QED) is 0.0736. The van der Waals surface area contributed by atoms with Crippen LogP contribution in [0.5, 0.6) is 80.5 Å². The van der Waals surface area contributed by atoms with Gasteiger partial charge in [-0.1, -0.05) is 32.0 Å². The summed E-state index contributed by atoms with van der Waals surface area (Å²) in [6.45, 7) is 4.27. The lowest BCUT2D eigenvalue weighted by Gasteiger charge is -2.30. The van der Waals surface area contributed by atoms with E-state index in [9.17, 15) is 81.1 Å². The number of ketones is 1. The van der Waals surface area contributed by atoms with Crippen molar-refractivity contribution in [3.05, 3.63) is 130 Å². The first-order valence-electron chi connectivity index (χ1n) is 19.9. The highest BCUT2D eigenvalue weighted by Gasteiger charge is 2.39. The Morgan fingerprint density at radius 1 is 0.515 bits per heavy atom. The molecule has 2 unspecified atom stereocenters. The van der Waals surface area contributed by atoms with Crippen LogP contribution in [-0.2, 0) is 12.8 Å². The van der Waals surface area contributed by atoms with Crippen LogP contribution >= 0.6 is 0 Å². The summed E-state index contributed by atoms with van der Waals surface area (Å²) in [5.41, 5.74) is 1.10. The molecule has 0 amide bonds. The second-order valence-electron chi connectivity index (χ2n) is 15.6. The Balaban J connectivity index is 0.000000164. The minimum atomic E-state index is -1.60. The van der Waals surface area contributed by atoms with Crippen molar-refractivity contribution in [3.8, 4) is 91.8 Å². The van der Waals surface area contributed by atoms with E-state index < -0.39 is 52.2 Å². The van der Waals surface area contributed by atoms with Gasteiger partial charge in [0.05, 0.1) is 0 Å². The number of phenolic OH excluding ortho intramolecular Hbond substituents is 12. The Hall–Kier alpha value is -8.64. The third kappa shape index (κ3) is 10.1. The summed E-state index contributed by atoms with van der Waals surface area (Å²) in [7, 11) is 0. The molecular weight excluding hydrogens is 865 g/mol. The van der Waals surface area contributed by atoms with Gasteiger partial charge in [-0.2, -0.15) is 0 Å². The molecule has 0 radical (unpaired) electrons. The Labute approximate surface area is 373 Å². The number of phenols is 12. The summed E-state index contributed by atoms with van der Waals surface area (Å²) in [6, 6.07) is 21.3. The van der Waals surface area contributed by atoms with Crippen LogP contribution in [-0.4, -0.2) is 83.4 Å². The SMILES string of the molecule is CC(Cc1ccc(O)c(O)c1)C(C)Cc1ccc(O)c(O)c1.O=C1c2c(O)cc(O)cc2O[C@H](c2ccc(O)c(O)c2)[C@H]1O.O=c1c(O)c(-c2ccc(O)c(O)c2)oc2cc(O)cc(O)c12. The molecule has 0 aliphatic carbocycles. The van der Waals surface area contributed by atoms with Crippen LogP contribution < -0.4 is 10.2 Å². The van der Waals surface area contributed by atoms with E-state index in [1.807, 2.05) is 12.1 Å². The van der Waals surface area contributed by atoms with E-state index in [2.05, 4.69) is 13.8 Å². The first-order chi connectivity index (χ1) is 31.1. The van der Waals surface area contributed by atoms with E-state index in [1.165, 1.54) is 30.3 Å². The third-order valence-electron chi connectivity index (χ3n) is 10.8. The lowest BCUT2D eigenvalue weighted by Crippen LogP contribution is -2.36. The van der Waals surface area contributed by atoms with E-state index in [4.69, 9.17) is 9.15 Å². The van der Waals surface area contributed by atoms with Gasteiger partial charge in [-0.05, 0) is 96.0 Å². The number of aromatic hydroxyl groups is 13. The Morgan fingerprint density at radius 3 is 1.53 bits per heavy atom. The van der Waals surface area contributed by atoms with Crippen LogP contribution in [0.1, 0.15) is 47.0 Å². The third-order valence-corrected chi connectivity index (χ3v) is 10.8. The van der Waals surface area contributed by atoms with Crippen molar-refractivity contribution in [2.45, 2.75) is 38.9 Å². The molecule has 4 atom stereocenters. The molecule has 344 valence electrons. The first kappa shape index (κ1) is 46.9. The number of hydrogen-bond donors (Lipinski definition) is 14. The number of rotatable bonds is 7. The molecule has 0 bridgehead atoms. The van der Waals surface area contributed by atoms with Gasteiger partial charge in [0.2, 0.25) is 17.0 Å². The molecular formula is C48H44O18. The Bertz CT molecular complexity index is 2960. The summed E-state index contributed by atoms with van der Waals surface area (Å²) >= 11 is 0. The predicted octanol–water partition coefficient (Wildman–Crippen LogP) is 6.74. The predicted molar refractivity (Wildman–Crippen MR) is 235 cm³/mol. The molecule has 18 nitrogen and oxygen atoms in total. The van der Waals surface area contributed by atoms with Crippen molar-refractivity contribution >= 4 is 16.8 Å². The zero-order valence-corrected chi connectivity index (χ0v) is 34.9. The molecule has 0 saturated heterocycles. The highest BCUT2D eigenvalue weighted by molar-refractivity contribution is 6.05. The molecule has 1 aliphatic rings. The van der Waals surface area contributed by atoms with Gasteiger partial charge in [-0.3, -0.25) is 9.59 Å². The number of ether oxygens (including phenoxy) is 1. The van der Waals surface area contributed by atoms with Crippen molar-refractivity contribution in [2.24, 2.45) is 11.8 Å². The molecule has 2 heterocycles. The fourth-order valence-corrected chi connectivity index (χ4v) is 7.05. The van der Waals surface area contributed by atoms with Crippen molar-refractivity contribution in [2.75, 3.05) is 0 Å². The van der Waals surface area contributed by atoms with Crippen LogP contribution in [0.4, 0.5) is 0 Å². The fourth-order valence-electron chi connectivity index (χ4n) is 7.05. The number of hydrogen-bond acceptors (Lipinski definition) is 18. The van der Waals surface area contributed by atoms with Crippen LogP contribution in [0.2, 0.25) is 0 Å². The normalized spacial score (nSPS) is 15.0. The van der Waals surface area contributed by atoms with Gasteiger partial charge in [-0.25, -0.2) is 0 Å². The molecule has 66 heavy (non-hydrogen) atoms. The summed E-state index contributed by atoms with van der Waals surface area (Å²) in [5, 5.41) is 133. The monoisotopic (exact) mass is 908 g/mol. The number of carbonyl (C=O) groups is 1. The highest BCUT2D eigenvalue weighted by Crippen LogP contribution is 2.43. The number of aliphatic hydroxyl groups is 1. The van der Waals surface area contributed by atoms with E-state index in [-0.39, 0.29) is 85.2 Å². The van der Waals surface area contributed by atoms with E-state index in [0.29, 0.717) is 11.8 Å². The maximum atomic E-state index is 12.2. The molecule has 14 N–H and O–H groups in total. The molecule has 18 heteroatoms. The lowest BCUT2D eigenvalue weighted by molar-refractivity contribution is 0.0210. The number of aliphatic hydroxyl groups excluding tert-OH is 1. The minimum absolute atomic E-state index is 0.0784. The number of carbonyl (C=O) groups excluding carboxylic acids is 1. The van der Waals surface area contributed by atoms with Gasteiger partial charge in [0.1, 0.15) is 45.3 Å². The van der Waals surface area contributed by atoms with Crippen LogP contribution in [0.15, 0.2) is 106 Å². The summed E-state index contributed by atoms with van der Waals surface area (Å²) in [4.78, 5) is 24.3. The Morgan fingerprint density at radius 2 is 1.00 bits per heavy atom. The van der Waals surface area contributed by atoms with Gasteiger partial charge in [0.15, 0.2) is 64.0 Å². The van der Waals surface area contributed by atoms with Gasteiger partial charge >= 0.3 is 0 Å². The molecule has 1 aliphatic heterocycles. The second-order valence-corrected chi connectivity index (χ2v) is 15.6. The van der Waals surface area contributed by atoms with Gasteiger partial charge < -0.3 is 80.6 Å². The topological polar surface area (TPSA) is 340 Å². The van der Waals surface area contributed by atoms with Crippen LogP contribution in [0.3, 0.4) is 0 Å². The zero-order chi connectivity index (χ0) is 48.3. The molecule has 6 aromatic carbocycles. The first-order valence-corrected chi connectivity index (χ1v) is 19.9. The summed E-state index contributed by atoms with van der Waals surface area (Å²) < 4.78 is 10.8. The van der Waals surface area contributed by atoms with Crippen molar-refractivity contribution < 1.29 is 85.4 Å². The van der Waals surface area contributed by atoms with Gasteiger partial charge in [0.25, 0.3) is 0 Å². The van der Waals surface area contributed by atoms with Crippen LogP contribution in [0.25, 0.3) is 22.3 Å². The maximum absolute atomic E-state index is 12.2. The smallest absolute Gasteiger partial charge is 0.238 e. The molecule has 0 fully saturated rings. The average Bonchev–Trinajstić information content (AvgIpc) is 3.25. The number of benzene rings is 6. The second kappa shape index (κ2) is 19.0. The maximum Gasteiger partial charge on any atom is 0.238 e. The van der Waals surface area contributed by atoms with E-state index in [1.54, 1.807) is 12.1 Å². The summed E-state index contributed by atoms with van der Waals surface area (Å²) in [5.74, 6) is -4.81. The van der Waals surface area contributed by atoms with Gasteiger partial charge in [0, 0.05) is 29.8 Å². The Kier molecular flexibility index (Phi) is 13.5. The zero-order valence-electron chi connectivity index (χ0n) is 34.9. The largest absolute Gasteiger partial charge is 0.508 e. The molecule has 0 spiro atoms.